The molecule has 1 heterocycles. The van der Waals surface area contributed by atoms with Crippen molar-refractivity contribution in [3.8, 4) is 0 Å². The van der Waals surface area contributed by atoms with Crippen LogP contribution in [0.1, 0.15) is 42.8 Å². The SMILES string of the molecule is Cc1ccoc1C(=O)N(CCCC(=O)O)C(C)C. The third kappa shape index (κ3) is 3.61. The van der Waals surface area contributed by atoms with Crippen LogP contribution in [0.2, 0.25) is 0 Å². The van der Waals surface area contributed by atoms with Crippen molar-refractivity contribution in [2.24, 2.45) is 0 Å². The molecular weight excluding hydrogens is 234 g/mol. The minimum absolute atomic E-state index is 0.01000. The van der Waals surface area contributed by atoms with Crippen molar-refractivity contribution < 1.29 is 19.1 Å². The van der Waals surface area contributed by atoms with Crippen molar-refractivity contribution in [1.82, 2.24) is 4.90 Å². The number of carboxylic acid groups (broad SMARTS) is 1. The van der Waals surface area contributed by atoms with E-state index in [0.29, 0.717) is 18.7 Å². The van der Waals surface area contributed by atoms with Crippen LogP contribution < -0.4 is 0 Å². The standard InChI is InChI=1S/C13H19NO4/c1-9(2)14(7-4-5-11(15)16)13(17)12-10(3)6-8-18-12/h6,8-9H,4-5,7H2,1-3H3,(H,15,16). The minimum Gasteiger partial charge on any atom is -0.481 e. The van der Waals surface area contributed by atoms with Crippen molar-refractivity contribution >= 4 is 11.9 Å². The van der Waals surface area contributed by atoms with E-state index in [1.807, 2.05) is 20.8 Å². The summed E-state index contributed by atoms with van der Waals surface area (Å²) in [6.45, 7) is 6.03. The first kappa shape index (κ1) is 14.3. The highest BCUT2D eigenvalue weighted by Crippen LogP contribution is 2.14. The van der Waals surface area contributed by atoms with Gasteiger partial charge in [0.1, 0.15) is 0 Å². The number of rotatable bonds is 6. The molecule has 0 radical (unpaired) electrons. The number of aliphatic carboxylic acids is 1. The zero-order valence-corrected chi connectivity index (χ0v) is 11.0. The lowest BCUT2D eigenvalue weighted by molar-refractivity contribution is -0.137. The van der Waals surface area contributed by atoms with Crippen LogP contribution in [0.5, 0.6) is 0 Å². The normalized spacial score (nSPS) is 10.7. The molecule has 0 saturated heterocycles. The average molecular weight is 253 g/mol. The molecule has 5 nitrogen and oxygen atoms in total. The number of aryl methyl sites for hydroxylation is 1. The van der Waals surface area contributed by atoms with Crippen LogP contribution in [-0.4, -0.2) is 34.5 Å². The van der Waals surface area contributed by atoms with Crippen molar-refractivity contribution in [2.45, 2.75) is 39.7 Å². The van der Waals surface area contributed by atoms with Gasteiger partial charge in [0.2, 0.25) is 0 Å². The molecule has 0 aliphatic rings. The van der Waals surface area contributed by atoms with E-state index >= 15 is 0 Å². The Morgan fingerprint density at radius 2 is 2.11 bits per heavy atom. The fourth-order valence-electron chi connectivity index (χ4n) is 1.72. The molecule has 0 aliphatic carbocycles. The molecule has 18 heavy (non-hydrogen) atoms. The van der Waals surface area contributed by atoms with Gasteiger partial charge in [0, 0.05) is 24.6 Å². The molecule has 1 rings (SSSR count). The first-order valence-corrected chi connectivity index (χ1v) is 6.00. The number of carbonyl (C=O) groups excluding carboxylic acids is 1. The lowest BCUT2D eigenvalue weighted by Gasteiger charge is -2.25. The Balaban J connectivity index is 2.70. The van der Waals surface area contributed by atoms with Crippen LogP contribution in [0.3, 0.4) is 0 Å². The van der Waals surface area contributed by atoms with Gasteiger partial charge in [-0.3, -0.25) is 9.59 Å². The summed E-state index contributed by atoms with van der Waals surface area (Å²) in [6, 6.07) is 1.75. The predicted octanol–water partition coefficient (Wildman–Crippen LogP) is 2.30. The van der Waals surface area contributed by atoms with Crippen LogP contribution in [-0.2, 0) is 4.79 Å². The van der Waals surface area contributed by atoms with Gasteiger partial charge in [-0.25, -0.2) is 0 Å². The fourth-order valence-corrected chi connectivity index (χ4v) is 1.72. The van der Waals surface area contributed by atoms with Gasteiger partial charge in [-0.2, -0.15) is 0 Å². The summed E-state index contributed by atoms with van der Waals surface area (Å²) >= 11 is 0. The van der Waals surface area contributed by atoms with Crippen LogP contribution in [0.25, 0.3) is 0 Å². The molecule has 0 spiro atoms. The van der Waals surface area contributed by atoms with E-state index in [1.165, 1.54) is 6.26 Å². The van der Waals surface area contributed by atoms with Gasteiger partial charge in [0.05, 0.1) is 6.26 Å². The molecule has 1 aromatic rings. The van der Waals surface area contributed by atoms with Gasteiger partial charge in [-0.05, 0) is 33.3 Å². The van der Waals surface area contributed by atoms with E-state index in [9.17, 15) is 9.59 Å². The molecule has 0 unspecified atom stereocenters. The Hall–Kier alpha value is -1.78. The molecule has 0 bridgehead atoms. The third-order valence-electron chi connectivity index (χ3n) is 2.73. The maximum atomic E-state index is 12.2. The second-order valence-corrected chi connectivity index (χ2v) is 4.52. The molecule has 0 aliphatic heterocycles. The number of carboxylic acids is 1. The topological polar surface area (TPSA) is 70.8 Å². The highest BCUT2D eigenvalue weighted by atomic mass is 16.4. The van der Waals surface area contributed by atoms with Crippen molar-refractivity contribution in [1.29, 1.82) is 0 Å². The van der Waals surface area contributed by atoms with Crippen LogP contribution in [0.15, 0.2) is 16.7 Å². The Labute approximate surface area is 106 Å². The summed E-state index contributed by atoms with van der Waals surface area (Å²) < 4.78 is 5.18. The number of hydrogen-bond acceptors (Lipinski definition) is 3. The lowest BCUT2D eigenvalue weighted by Crippen LogP contribution is -2.38. The second kappa shape index (κ2) is 6.23. The predicted molar refractivity (Wildman–Crippen MR) is 66.5 cm³/mol. The fraction of sp³-hybridized carbons (Fsp3) is 0.538. The zero-order valence-electron chi connectivity index (χ0n) is 11.0. The molecule has 0 fully saturated rings. The van der Waals surface area contributed by atoms with Crippen LogP contribution in [0, 0.1) is 6.92 Å². The zero-order chi connectivity index (χ0) is 13.7. The van der Waals surface area contributed by atoms with Gasteiger partial charge in [0.25, 0.3) is 5.91 Å². The maximum absolute atomic E-state index is 12.2. The third-order valence-corrected chi connectivity index (χ3v) is 2.73. The van der Waals surface area contributed by atoms with Gasteiger partial charge in [0.15, 0.2) is 5.76 Å². The van der Waals surface area contributed by atoms with Crippen LogP contribution in [0.4, 0.5) is 0 Å². The number of carbonyl (C=O) groups is 2. The number of hydrogen-bond donors (Lipinski definition) is 1. The van der Waals surface area contributed by atoms with E-state index in [1.54, 1.807) is 11.0 Å². The minimum atomic E-state index is -0.847. The molecule has 1 amide bonds. The Bertz CT molecular complexity index is 422. The summed E-state index contributed by atoms with van der Waals surface area (Å²) in [5.74, 6) is -0.697. The first-order chi connectivity index (χ1) is 8.43. The van der Waals surface area contributed by atoms with Gasteiger partial charge >= 0.3 is 5.97 Å². The average Bonchev–Trinajstić information content (AvgIpc) is 2.69. The molecule has 0 atom stereocenters. The quantitative estimate of drug-likeness (QED) is 0.844. The second-order valence-electron chi connectivity index (χ2n) is 4.52. The molecule has 5 heteroatoms. The van der Waals surface area contributed by atoms with E-state index in [0.717, 1.165) is 5.56 Å². The monoisotopic (exact) mass is 253 g/mol. The number of furan rings is 1. The first-order valence-electron chi connectivity index (χ1n) is 6.00. The van der Waals surface area contributed by atoms with Gasteiger partial charge in [-0.15, -0.1) is 0 Å². The number of nitrogens with zero attached hydrogens (tertiary/aromatic N) is 1. The van der Waals surface area contributed by atoms with Crippen molar-refractivity contribution in [3.05, 3.63) is 23.7 Å². The largest absolute Gasteiger partial charge is 0.481 e. The number of amides is 1. The molecule has 0 saturated carbocycles. The van der Waals surface area contributed by atoms with E-state index in [-0.39, 0.29) is 18.4 Å². The lowest BCUT2D eigenvalue weighted by atomic mass is 10.2. The highest BCUT2D eigenvalue weighted by Gasteiger charge is 2.22. The Kier molecular flexibility index (Phi) is 4.95. The summed E-state index contributed by atoms with van der Waals surface area (Å²) in [4.78, 5) is 24.3. The molecule has 100 valence electrons. The van der Waals surface area contributed by atoms with E-state index < -0.39 is 5.97 Å². The van der Waals surface area contributed by atoms with E-state index in [2.05, 4.69) is 0 Å². The van der Waals surface area contributed by atoms with Crippen LogP contribution >= 0.6 is 0 Å². The summed E-state index contributed by atoms with van der Waals surface area (Å²) in [5.41, 5.74) is 0.795. The maximum Gasteiger partial charge on any atom is 0.303 e. The Morgan fingerprint density at radius 1 is 1.44 bits per heavy atom. The molecule has 1 N–H and O–H groups in total. The summed E-state index contributed by atoms with van der Waals surface area (Å²) in [6.07, 6.45) is 1.99. The smallest absolute Gasteiger partial charge is 0.303 e. The molecule has 0 aromatic carbocycles. The molecule has 1 aromatic heterocycles. The summed E-state index contributed by atoms with van der Waals surface area (Å²) in [5, 5.41) is 8.61. The van der Waals surface area contributed by atoms with Crippen molar-refractivity contribution in [2.75, 3.05) is 6.54 Å². The van der Waals surface area contributed by atoms with Crippen molar-refractivity contribution in [3.63, 3.8) is 0 Å². The van der Waals surface area contributed by atoms with Gasteiger partial charge in [-0.1, -0.05) is 0 Å². The summed E-state index contributed by atoms with van der Waals surface area (Å²) in [7, 11) is 0. The highest BCUT2D eigenvalue weighted by molar-refractivity contribution is 5.93. The van der Waals surface area contributed by atoms with E-state index in [4.69, 9.17) is 9.52 Å². The molecular formula is C13H19NO4. The van der Waals surface area contributed by atoms with Gasteiger partial charge < -0.3 is 14.4 Å². The Morgan fingerprint density at radius 3 is 2.56 bits per heavy atom.